The monoisotopic (exact) mass is 441 g/mol. The number of nitrogens with zero attached hydrogens (tertiary/aromatic N) is 4. The number of benzene rings is 1. The smallest absolute Gasteiger partial charge is 0.234 e. The summed E-state index contributed by atoms with van der Waals surface area (Å²) in [5, 5.41) is 13.1. The number of halogens is 1. The molecule has 1 amide bonds. The van der Waals surface area contributed by atoms with E-state index < -0.39 is 5.82 Å². The molecule has 1 aliphatic carbocycles. The standard InChI is InChI=1S/C21H20FN5OS2/c1-11-7-8-13-16(9-11)30-20-18(13)19-25-26-21(27(19)12(2)23-20)29-10-17(28)24-15-6-4-3-5-14(15)22/h3-6,11H,7-10H2,1-2H3,(H,24,28)/t11-/m0/s1. The number of hydrogen-bond donors (Lipinski definition) is 1. The number of nitrogens with one attached hydrogen (secondary N) is 1. The number of aromatic nitrogens is 4. The first-order valence-electron chi connectivity index (χ1n) is 9.84. The summed E-state index contributed by atoms with van der Waals surface area (Å²) in [5.41, 5.74) is 2.33. The van der Waals surface area contributed by atoms with Crippen LogP contribution in [0.15, 0.2) is 29.4 Å². The summed E-state index contributed by atoms with van der Waals surface area (Å²) in [6, 6.07) is 6.12. The van der Waals surface area contributed by atoms with Crippen molar-refractivity contribution in [2.24, 2.45) is 5.92 Å². The van der Waals surface area contributed by atoms with E-state index in [4.69, 9.17) is 4.98 Å². The minimum Gasteiger partial charge on any atom is -0.323 e. The lowest BCUT2D eigenvalue weighted by Gasteiger charge is -2.17. The van der Waals surface area contributed by atoms with Crippen LogP contribution in [0.1, 0.15) is 29.6 Å². The third kappa shape index (κ3) is 3.35. The number of hydrogen-bond acceptors (Lipinski definition) is 6. The number of carbonyl (C=O) groups is 1. The van der Waals surface area contributed by atoms with Crippen molar-refractivity contribution >= 4 is 50.6 Å². The van der Waals surface area contributed by atoms with Crippen LogP contribution in [0, 0.1) is 18.7 Å². The first-order chi connectivity index (χ1) is 14.5. The summed E-state index contributed by atoms with van der Waals surface area (Å²) < 4.78 is 15.7. The Bertz CT molecular complexity index is 1280. The molecule has 0 bridgehead atoms. The van der Waals surface area contributed by atoms with Crippen LogP contribution in [0.5, 0.6) is 0 Å². The van der Waals surface area contributed by atoms with E-state index in [0.29, 0.717) is 11.1 Å². The minimum atomic E-state index is -0.456. The lowest BCUT2D eigenvalue weighted by Crippen LogP contribution is -2.15. The van der Waals surface area contributed by atoms with Crippen LogP contribution in [-0.4, -0.2) is 31.2 Å². The number of fused-ring (bicyclic) bond motifs is 5. The molecule has 0 saturated carbocycles. The second kappa shape index (κ2) is 7.63. The van der Waals surface area contributed by atoms with Gasteiger partial charge in [0.05, 0.1) is 16.8 Å². The molecular formula is C21H20FN5OS2. The Labute approximate surface area is 180 Å². The molecule has 5 rings (SSSR count). The van der Waals surface area contributed by atoms with Gasteiger partial charge in [0.15, 0.2) is 10.8 Å². The number of thiophene rings is 1. The van der Waals surface area contributed by atoms with E-state index in [0.717, 1.165) is 34.5 Å². The van der Waals surface area contributed by atoms with Gasteiger partial charge in [0, 0.05) is 4.88 Å². The van der Waals surface area contributed by atoms with Crippen molar-refractivity contribution in [3.8, 4) is 0 Å². The third-order valence-electron chi connectivity index (χ3n) is 5.42. The van der Waals surface area contributed by atoms with Gasteiger partial charge in [-0.05, 0) is 49.8 Å². The average Bonchev–Trinajstić information content (AvgIpc) is 3.29. The number of anilines is 1. The number of amides is 1. The van der Waals surface area contributed by atoms with Gasteiger partial charge in [-0.2, -0.15) is 0 Å². The molecule has 0 saturated heterocycles. The Morgan fingerprint density at radius 3 is 3.03 bits per heavy atom. The normalized spacial score (nSPS) is 16.2. The van der Waals surface area contributed by atoms with E-state index in [1.165, 1.54) is 40.8 Å². The summed E-state index contributed by atoms with van der Waals surface area (Å²) >= 11 is 3.04. The zero-order valence-electron chi connectivity index (χ0n) is 16.6. The molecule has 0 aliphatic heterocycles. The molecule has 3 heterocycles. The number of para-hydroxylation sites is 1. The molecule has 1 N–H and O–H groups in total. The highest BCUT2D eigenvalue weighted by Crippen LogP contribution is 2.39. The molecular weight excluding hydrogens is 421 g/mol. The second-order valence-corrected chi connectivity index (χ2v) is 9.68. The topological polar surface area (TPSA) is 72.2 Å². The van der Waals surface area contributed by atoms with Crippen LogP contribution in [0.3, 0.4) is 0 Å². The van der Waals surface area contributed by atoms with Gasteiger partial charge in [-0.15, -0.1) is 21.5 Å². The molecule has 0 spiro atoms. The van der Waals surface area contributed by atoms with Crippen LogP contribution in [0.25, 0.3) is 15.9 Å². The van der Waals surface area contributed by atoms with E-state index in [1.54, 1.807) is 23.5 Å². The quantitative estimate of drug-likeness (QED) is 0.467. The molecule has 0 fully saturated rings. The highest BCUT2D eigenvalue weighted by molar-refractivity contribution is 7.99. The number of carbonyl (C=O) groups excluding carboxylic acids is 1. The average molecular weight is 442 g/mol. The van der Waals surface area contributed by atoms with E-state index >= 15 is 0 Å². The predicted octanol–water partition coefficient (Wildman–Crippen LogP) is 4.64. The van der Waals surface area contributed by atoms with E-state index in [2.05, 4.69) is 22.4 Å². The molecule has 1 aromatic carbocycles. The van der Waals surface area contributed by atoms with E-state index in [-0.39, 0.29) is 17.3 Å². The molecule has 30 heavy (non-hydrogen) atoms. The van der Waals surface area contributed by atoms with Crippen molar-refractivity contribution in [3.63, 3.8) is 0 Å². The first kappa shape index (κ1) is 19.4. The van der Waals surface area contributed by atoms with Gasteiger partial charge >= 0.3 is 0 Å². The predicted molar refractivity (Wildman–Crippen MR) is 118 cm³/mol. The Morgan fingerprint density at radius 1 is 1.37 bits per heavy atom. The van der Waals surface area contributed by atoms with Crippen molar-refractivity contribution in [1.82, 2.24) is 19.6 Å². The fourth-order valence-corrected chi connectivity index (χ4v) is 6.14. The molecule has 0 unspecified atom stereocenters. The number of thioether (sulfide) groups is 1. The second-order valence-electron chi connectivity index (χ2n) is 7.65. The molecule has 6 nitrogen and oxygen atoms in total. The van der Waals surface area contributed by atoms with Crippen molar-refractivity contribution in [1.29, 1.82) is 0 Å². The fraction of sp³-hybridized carbons (Fsp3) is 0.333. The Balaban J connectivity index is 1.44. The Kier molecular flexibility index (Phi) is 4.94. The molecule has 4 aromatic rings. The Hall–Kier alpha value is -2.52. The zero-order valence-corrected chi connectivity index (χ0v) is 18.2. The molecule has 1 atom stereocenters. The van der Waals surface area contributed by atoms with Crippen LogP contribution < -0.4 is 5.32 Å². The SMILES string of the molecule is Cc1nc2sc3c(c2c2nnc(SCC(=O)Nc4ccccc4F)n12)CC[C@H](C)C3. The van der Waals surface area contributed by atoms with Crippen molar-refractivity contribution in [3.05, 3.63) is 46.3 Å². The van der Waals surface area contributed by atoms with Gasteiger partial charge in [0.2, 0.25) is 5.91 Å². The number of rotatable bonds is 4. The maximum Gasteiger partial charge on any atom is 0.234 e. The maximum atomic E-state index is 13.7. The molecule has 3 aromatic heterocycles. The van der Waals surface area contributed by atoms with Crippen molar-refractivity contribution in [2.45, 2.75) is 38.3 Å². The highest BCUT2D eigenvalue weighted by Gasteiger charge is 2.25. The van der Waals surface area contributed by atoms with Gasteiger partial charge in [0.25, 0.3) is 0 Å². The largest absolute Gasteiger partial charge is 0.323 e. The van der Waals surface area contributed by atoms with Gasteiger partial charge < -0.3 is 5.32 Å². The van der Waals surface area contributed by atoms with Crippen molar-refractivity contribution < 1.29 is 9.18 Å². The van der Waals surface area contributed by atoms with Crippen LogP contribution in [0.2, 0.25) is 0 Å². The summed E-state index contributed by atoms with van der Waals surface area (Å²) in [6.07, 6.45) is 3.30. The van der Waals surface area contributed by atoms with E-state index in [9.17, 15) is 9.18 Å². The zero-order chi connectivity index (χ0) is 20.8. The highest BCUT2D eigenvalue weighted by atomic mass is 32.2. The first-order valence-corrected chi connectivity index (χ1v) is 11.6. The summed E-state index contributed by atoms with van der Waals surface area (Å²) in [4.78, 5) is 19.5. The van der Waals surface area contributed by atoms with Crippen LogP contribution in [0.4, 0.5) is 10.1 Å². The Morgan fingerprint density at radius 2 is 2.20 bits per heavy atom. The number of aryl methyl sites for hydroxylation is 2. The molecule has 9 heteroatoms. The summed E-state index contributed by atoms with van der Waals surface area (Å²) in [6.45, 7) is 4.22. The van der Waals surface area contributed by atoms with Gasteiger partial charge in [-0.1, -0.05) is 30.8 Å². The maximum absolute atomic E-state index is 13.7. The fourth-order valence-electron chi connectivity index (χ4n) is 3.94. The van der Waals surface area contributed by atoms with Crippen LogP contribution >= 0.6 is 23.1 Å². The lowest BCUT2D eigenvalue weighted by molar-refractivity contribution is -0.113. The molecule has 154 valence electrons. The minimum absolute atomic E-state index is 0.103. The summed E-state index contributed by atoms with van der Waals surface area (Å²) in [7, 11) is 0. The van der Waals surface area contributed by atoms with Gasteiger partial charge in [-0.3, -0.25) is 9.20 Å². The summed E-state index contributed by atoms with van der Waals surface area (Å²) in [5.74, 6) is 0.843. The van der Waals surface area contributed by atoms with Crippen LogP contribution in [-0.2, 0) is 17.6 Å². The van der Waals surface area contributed by atoms with Gasteiger partial charge in [-0.25, -0.2) is 9.37 Å². The molecule has 1 aliphatic rings. The third-order valence-corrected chi connectivity index (χ3v) is 7.49. The van der Waals surface area contributed by atoms with E-state index in [1.807, 2.05) is 11.3 Å². The lowest BCUT2D eigenvalue weighted by atomic mass is 9.89. The molecule has 0 radical (unpaired) electrons. The van der Waals surface area contributed by atoms with Crippen molar-refractivity contribution in [2.75, 3.05) is 11.1 Å². The van der Waals surface area contributed by atoms with Gasteiger partial charge in [0.1, 0.15) is 16.5 Å².